The molecule has 3 heteroatoms. The Morgan fingerprint density at radius 2 is 2.12 bits per heavy atom. The quantitative estimate of drug-likeness (QED) is 0.876. The number of nitrogens with one attached hydrogen (secondary N) is 1. The maximum Gasteiger partial charge on any atom is 0.0480 e. The molecule has 0 saturated carbocycles. The molecule has 0 bridgehead atoms. The lowest BCUT2D eigenvalue weighted by Gasteiger charge is -2.23. The summed E-state index contributed by atoms with van der Waals surface area (Å²) in [7, 11) is 0. The van der Waals surface area contributed by atoms with E-state index in [2.05, 4.69) is 18.3 Å². The van der Waals surface area contributed by atoms with Crippen molar-refractivity contribution in [2.24, 2.45) is 0 Å². The predicted molar refractivity (Wildman–Crippen MR) is 66.9 cm³/mol. The van der Waals surface area contributed by atoms with Crippen LogP contribution < -0.4 is 5.32 Å². The second kappa shape index (κ2) is 5.67. The summed E-state index contributed by atoms with van der Waals surface area (Å²) in [4.78, 5) is 0. The van der Waals surface area contributed by atoms with Gasteiger partial charge in [0.15, 0.2) is 0 Å². The predicted octanol–water partition coefficient (Wildman–Crippen LogP) is 2.92. The molecule has 0 aromatic heterocycles. The fraction of sp³-hybridized carbons (Fsp3) is 0.538. The summed E-state index contributed by atoms with van der Waals surface area (Å²) in [5, 5.41) is 4.42. The zero-order valence-electron chi connectivity index (χ0n) is 9.63. The van der Waals surface area contributed by atoms with E-state index in [1.165, 1.54) is 11.1 Å². The van der Waals surface area contributed by atoms with Crippen molar-refractivity contribution in [1.82, 2.24) is 5.32 Å². The minimum atomic E-state index is 0.574. The standard InChI is InChI=1S/C13H18ClNO/c1-10-3-2-4-13(14)12(10)9-15-11-5-7-16-8-6-11/h2-4,11,15H,5-9H2,1H3. The first-order valence-electron chi connectivity index (χ1n) is 5.82. The van der Waals surface area contributed by atoms with Gasteiger partial charge in [0.1, 0.15) is 0 Å². The normalized spacial score (nSPS) is 17.6. The van der Waals surface area contributed by atoms with Crippen LogP contribution in [0, 0.1) is 6.92 Å². The number of rotatable bonds is 3. The Balaban J connectivity index is 1.93. The SMILES string of the molecule is Cc1cccc(Cl)c1CNC1CCOCC1. The van der Waals surface area contributed by atoms with Crippen molar-refractivity contribution in [3.8, 4) is 0 Å². The molecule has 0 aliphatic carbocycles. The average Bonchev–Trinajstić information content (AvgIpc) is 2.30. The molecular weight excluding hydrogens is 222 g/mol. The van der Waals surface area contributed by atoms with Crippen molar-refractivity contribution in [2.45, 2.75) is 32.4 Å². The number of aryl methyl sites for hydroxylation is 1. The highest BCUT2D eigenvalue weighted by molar-refractivity contribution is 6.31. The highest BCUT2D eigenvalue weighted by Crippen LogP contribution is 2.19. The molecule has 88 valence electrons. The van der Waals surface area contributed by atoms with E-state index in [0.29, 0.717) is 6.04 Å². The van der Waals surface area contributed by atoms with E-state index in [1.807, 2.05) is 12.1 Å². The lowest BCUT2D eigenvalue weighted by Crippen LogP contribution is -2.34. The van der Waals surface area contributed by atoms with Gasteiger partial charge in [-0.2, -0.15) is 0 Å². The molecule has 2 rings (SSSR count). The van der Waals surface area contributed by atoms with Crippen LogP contribution in [-0.2, 0) is 11.3 Å². The Morgan fingerprint density at radius 1 is 1.38 bits per heavy atom. The zero-order chi connectivity index (χ0) is 11.4. The smallest absolute Gasteiger partial charge is 0.0480 e. The first kappa shape index (κ1) is 11.9. The summed E-state index contributed by atoms with van der Waals surface area (Å²) in [5.74, 6) is 0. The average molecular weight is 240 g/mol. The van der Waals surface area contributed by atoms with E-state index < -0.39 is 0 Å². The second-order valence-electron chi connectivity index (χ2n) is 4.30. The van der Waals surface area contributed by atoms with Crippen LogP contribution in [0.15, 0.2) is 18.2 Å². The van der Waals surface area contributed by atoms with E-state index in [-0.39, 0.29) is 0 Å². The minimum absolute atomic E-state index is 0.574. The monoisotopic (exact) mass is 239 g/mol. The van der Waals surface area contributed by atoms with E-state index in [9.17, 15) is 0 Å². The molecule has 1 saturated heterocycles. The Morgan fingerprint density at radius 3 is 2.81 bits per heavy atom. The first-order chi connectivity index (χ1) is 7.77. The van der Waals surface area contributed by atoms with Crippen LogP contribution in [-0.4, -0.2) is 19.3 Å². The van der Waals surface area contributed by atoms with E-state index in [4.69, 9.17) is 16.3 Å². The van der Waals surface area contributed by atoms with Crippen molar-refractivity contribution in [1.29, 1.82) is 0 Å². The van der Waals surface area contributed by atoms with Gasteiger partial charge in [-0.25, -0.2) is 0 Å². The third kappa shape index (κ3) is 2.97. The molecule has 0 radical (unpaired) electrons. The van der Waals surface area contributed by atoms with Crippen LogP contribution in [0.4, 0.5) is 0 Å². The van der Waals surface area contributed by atoms with Gasteiger partial charge in [0.25, 0.3) is 0 Å². The molecule has 1 fully saturated rings. The van der Waals surface area contributed by atoms with Gasteiger partial charge in [-0.15, -0.1) is 0 Å². The molecule has 1 heterocycles. The Kier molecular flexibility index (Phi) is 4.22. The van der Waals surface area contributed by atoms with Crippen molar-refractivity contribution < 1.29 is 4.74 Å². The van der Waals surface area contributed by atoms with Crippen molar-refractivity contribution in [3.05, 3.63) is 34.3 Å². The molecule has 1 N–H and O–H groups in total. The van der Waals surface area contributed by atoms with Crippen molar-refractivity contribution >= 4 is 11.6 Å². The summed E-state index contributed by atoms with van der Waals surface area (Å²) in [6.45, 7) is 4.71. The Labute approximate surface area is 102 Å². The molecule has 0 unspecified atom stereocenters. The van der Waals surface area contributed by atoms with Crippen LogP contribution in [0.5, 0.6) is 0 Å². The van der Waals surface area contributed by atoms with Crippen LogP contribution >= 0.6 is 11.6 Å². The van der Waals surface area contributed by atoms with Gasteiger partial charge in [0, 0.05) is 30.8 Å². The van der Waals surface area contributed by atoms with Gasteiger partial charge >= 0.3 is 0 Å². The molecule has 1 aliphatic heterocycles. The van der Waals surface area contributed by atoms with E-state index in [1.54, 1.807) is 0 Å². The third-order valence-electron chi connectivity index (χ3n) is 3.14. The fourth-order valence-corrected chi connectivity index (χ4v) is 2.33. The maximum atomic E-state index is 6.18. The van der Waals surface area contributed by atoms with Gasteiger partial charge in [0.2, 0.25) is 0 Å². The van der Waals surface area contributed by atoms with E-state index in [0.717, 1.165) is 37.6 Å². The van der Waals surface area contributed by atoms with Gasteiger partial charge < -0.3 is 10.1 Å². The molecule has 2 nitrogen and oxygen atoms in total. The summed E-state index contributed by atoms with van der Waals surface area (Å²) >= 11 is 6.18. The molecule has 0 spiro atoms. The lowest BCUT2D eigenvalue weighted by molar-refractivity contribution is 0.0776. The number of halogens is 1. The molecule has 1 aromatic rings. The summed E-state index contributed by atoms with van der Waals surface area (Å²) in [6, 6.07) is 6.63. The highest BCUT2D eigenvalue weighted by Gasteiger charge is 2.13. The minimum Gasteiger partial charge on any atom is -0.381 e. The van der Waals surface area contributed by atoms with Crippen molar-refractivity contribution in [3.63, 3.8) is 0 Å². The molecule has 0 atom stereocenters. The fourth-order valence-electron chi connectivity index (χ4n) is 2.04. The van der Waals surface area contributed by atoms with Crippen LogP contribution in [0.3, 0.4) is 0 Å². The lowest BCUT2D eigenvalue weighted by atomic mass is 10.1. The molecule has 16 heavy (non-hydrogen) atoms. The third-order valence-corrected chi connectivity index (χ3v) is 3.50. The van der Waals surface area contributed by atoms with Crippen LogP contribution in [0.2, 0.25) is 5.02 Å². The molecular formula is C13H18ClNO. The number of ether oxygens (including phenoxy) is 1. The number of hydrogen-bond acceptors (Lipinski definition) is 2. The van der Waals surface area contributed by atoms with Crippen LogP contribution in [0.1, 0.15) is 24.0 Å². The van der Waals surface area contributed by atoms with Gasteiger partial charge in [-0.3, -0.25) is 0 Å². The number of benzene rings is 1. The Bertz CT molecular complexity index is 328. The number of hydrogen-bond donors (Lipinski definition) is 1. The van der Waals surface area contributed by atoms with E-state index >= 15 is 0 Å². The highest BCUT2D eigenvalue weighted by atomic mass is 35.5. The molecule has 1 aromatic carbocycles. The van der Waals surface area contributed by atoms with Gasteiger partial charge in [0.05, 0.1) is 0 Å². The Hall–Kier alpha value is -0.570. The van der Waals surface area contributed by atoms with Gasteiger partial charge in [-0.05, 0) is 37.0 Å². The zero-order valence-corrected chi connectivity index (χ0v) is 10.4. The maximum absolute atomic E-state index is 6.18. The summed E-state index contributed by atoms with van der Waals surface area (Å²) in [6.07, 6.45) is 2.20. The summed E-state index contributed by atoms with van der Waals surface area (Å²) < 4.78 is 5.33. The molecule has 0 amide bonds. The van der Waals surface area contributed by atoms with Gasteiger partial charge in [-0.1, -0.05) is 23.7 Å². The topological polar surface area (TPSA) is 21.3 Å². The largest absolute Gasteiger partial charge is 0.381 e. The summed E-state index contributed by atoms with van der Waals surface area (Å²) in [5.41, 5.74) is 2.47. The van der Waals surface area contributed by atoms with Crippen LogP contribution in [0.25, 0.3) is 0 Å². The second-order valence-corrected chi connectivity index (χ2v) is 4.71. The first-order valence-corrected chi connectivity index (χ1v) is 6.20. The molecule has 1 aliphatic rings. The van der Waals surface area contributed by atoms with Crippen molar-refractivity contribution in [2.75, 3.05) is 13.2 Å².